The molecule has 0 aliphatic carbocycles. The lowest BCUT2D eigenvalue weighted by molar-refractivity contribution is -0.384. The topological polar surface area (TPSA) is 108 Å². The molecular formula is C19H18N4O4. The number of aliphatic imine (C=N–C) groups is 1. The van der Waals surface area contributed by atoms with Crippen molar-refractivity contribution in [2.24, 2.45) is 10.9 Å². The van der Waals surface area contributed by atoms with E-state index in [1.54, 1.807) is 31.5 Å². The fourth-order valence-corrected chi connectivity index (χ4v) is 3.48. The summed E-state index contributed by atoms with van der Waals surface area (Å²) in [6.45, 7) is 3.59. The van der Waals surface area contributed by atoms with Crippen LogP contribution in [0.2, 0.25) is 0 Å². The number of allylic oxidation sites excluding steroid dienone is 2. The van der Waals surface area contributed by atoms with E-state index in [0.29, 0.717) is 22.5 Å². The van der Waals surface area contributed by atoms with Crippen molar-refractivity contribution in [3.05, 3.63) is 69.9 Å². The van der Waals surface area contributed by atoms with Gasteiger partial charge in [-0.25, -0.2) is 9.97 Å². The van der Waals surface area contributed by atoms with Gasteiger partial charge in [0.2, 0.25) is 0 Å². The minimum Gasteiger partial charge on any atom is -0.468 e. The molecule has 0 bridgehead atoms. The molecule has 0 N–H and O–H groups in total. The Morgan fingerprint density at radius 1 is 1.22 bits per heavy atom. The number of nitro benzene ring substituents is 1. The third-order valence-electron chi connectivity index (χ3n) is 4.60. The zero-order valence-electron chi connectivity index (χ0n) is 15.1. The van der Waals surface area contributed by atoms with E-state index in [2.05, 4.69) is 15.0 Å². The van der Waals surface area contributed by atoms with Gasteiger partial charge in [-0.3, -0.25) is 19.9 Å². The van der Waals surface area contributed by atoms with Gasteiger partial charge in [0.05, 0.1) is 12.0 Å². The average molecular weight is 366 g/mol. The van der Waals surface area contributed by atoms with E-state index >= 15 is 0 Å². The molecule has 2 unspecified atom stereocenters. The van der Waals surface area contributed by atoms with E-state index < -0.39 is 22.7 Å². The average Bonchev–Trinajstić information content (AvgIpc) is 2.67. The van der Waals surface area contributed by atoms with E-state index in [4.69, 9.17) is 4.74 Å². The molecule has 3 rings (SSSR count). The maximum absolute atomic E-state index is 12.6. The molecule has 0 spiro atoms. The van der Waals surface area contributed by atoms with E-state index in [0.717, 1.165) is 5.57 Å². The zero-order valence-corrected chi connectivity index (χ0v) is 15.1. The minimum absolute atomic E-state index is 0.0439. The molecule has 27 heavy (non-hydrogen) atoms. The molecule has 1 aliphatic heterocycles. The molecule has 2 heterocycles. The zero-order chi connectivity index (χ0) is 19.6. The smallest absolute Gasteiger partial charge is 0.315 e. The fourth-order valence-electron chi connectivity index (χ4n) is 3.48. The number of non-ortho nitro benzene ring substituents is 1. The highest BCUT2D eigenvalue weighted by Crippen LogP contribution is 2.44. The summed E-state index contributed by atoms with van der Waals surface area (Å²) in [5.74, 6) is -1.65. The summed E-state index contributed by atoms with van der Waals surface area (Å²) < 4.78 is 5.00. The molecule has 0 amide bonds. The summed E-state index contributed by atoms with van der Waals surface area (Å²) in [5.41, 5.74) is 3.34. The Balaban J connectivity index is 2.25. The largest absolute Gasteiger partial charge is 0.468 e. The predicted octanol–water partition coefficient (Wildman–Crippen LogP) is 3.16. The molecule has 0 radical (unpaired) electrons. The summed E-state index contributed by atoms with van der Waals surface area (Å²) in [6.07, 6.45) is 4.69. The van der Waals surface area contributed by atoms with E-state index in [9.17, 15) is 14.9 Å². The van der Waals surface area contributed by atoms with Crippen molar-refractivity contribution >= 4 is 22.9 Å². The number of rotatable bonds is 4. The lowest BCUT2D eigenvalue weighted by Gasteiger charge is -2.32. The first-order valence-electron chi connectivity index (χ1n) is 8.27. The number of hydrogen-bond acceptors (Lipinski definition) is 7. The van der Waals surface area contributed by atoms with Crippen LogP contribution in [0, 0.1) is 16.0 Å². The molecule has 8 nitrogen and oxygen atoms in total. The Kier molecular flexibility index (Phi) is 5.07. The fraction of sp³-hybridized carbons (Fsp3) is 0.263. The van der Waals surface area contributed by atoms with Crippen LogP contribution in [-0.4, -0.2) is 33.7 Å². The standard InChI is InChI=1S/C19H18N4O4/c1-11-16(14-8-20-10-21-9-14)18(17(12(2)22-11)19(24)27-3)13-5-4-6-15(7-13)23(25)26/h4-10,17-18H,1-3H3. The monoisotopic (exact) mass is 366 g/mol. The van der Waals surface area contributed by atoms with Crippen LogP contribution in [0.3, 0.4) is 0 Å². The number of nitrogens with zero attached hydrogens (tertiary/aromatic N) is 4. The normalized spacial score (nSPS) is 19.4. The molecule has 8 heteroatoms. The Hall–Kier alpha value is -3.42. The first kappa shape index (κ1) is 18.4. The van der Waals surface area contributed by atoms with Gasteiger partial charge in [-0.05, 0) is 25.0 Å². The Morgan fingerprint density at radius 2 is 1.93 bits per heavy atom. The number of ether oxygens (including phenoxy) is 1. The van der Waals surface area contributed by atoms with Crippen molar-refractivity contribution in [3.8, 4) is 0 Å². The van der Waals surface area contributed by atoms with Crippen LogP contribution in [-0.2, 0) is 9.53 Å². The van der Waals surface area contributed by atoms with Gasteiger partial charge in [0.1, 0.15) is 12.2 Å². The first-order chi connectivity index (χ1) is 12.9. The van der Waals surface area contributed by atoms with Crippen LogP contribution in [0.25, 0.3) is 5.57 Å². The SMILES string of the molecule is COC(=O)C1C(C)=NC(C)=C(c2cncnc2)C1c1cccc([N+](=O)[O-])c1. The van der Waals surface area contributed by atoms with Gasteiger partial charge in [-0.15, -0.1) is 0 Å². The molecule has 0 fully saturated rings. The summed E-state index contributed by atoms with van der Waals surface area (Å²) in [5, 5.41) is 11.2. The van der Waals surface area contributed by atoms with Gasteiger partial charge in [-0.1, -0.05) is 12.1 Å². The van der Waals surface area contributed by atoms with Gasteiger partial charge >= 0.3 is 5.97 Å². The number of carbonyl (C=O) groups is 1. The number of carbonyl (C=O) groups excluding carboxylic acids is 1. The highest BCUT2D eigenvalue weighted by atomic mass is 16.6. The van der Waals surface area contributed by atoms with Crippen molar-refractivity contribution in [1.82, 2.24) is 9.97 Å². The third kappa shape index (κ3) is 3.46. The number of hydrogen-bond donors (Lipinski definition) is 0. The lowest BCUT2D eigenvalue weighted by atomic mass is 9.74. The van der Waals surface area contributed by atoms with Crippen molar-refractivity contribution in [2.75, 3.05) is 7.11 Å². The van der Waals surface area contributed by atoms with Crippen molar-refractivity contribution < 1.29 is 14.5 Å². The van der Waals surface area contributed by atoms with Crippen molar-refractivity contribution in [1.29, 1.82) is 0 Å². The van der Waals surface area contributed by atoms with Gasteiger partial charge in [0.15, 0.2) is 0 Å². The second kappa shape index (κ2) is 7.45. The molecule has 1 aromatic heterocycles. The van der Waals surface area contributed by atoms with Crippen molar-refractivity contribution in [2.45, 2.75) is 19.8 Å². The van der Waals surface area contributed by atoms with Crippen LogP contribution in [0.5, 0.6) is 0 Å². The summed E-state index contributed by atoms with van der Waals surface area (Å²) in [7, 11) is 1.32. The molecular weight excluding hydrogens is 348 g/mol. The number of nitro groups is 1. The maximum Gasteiger partial charge on any atom is 0.315 e. The van der Waals surface area contributed by atoms with Crippen LogP contribution in [0.1, 0.15) is 30.9 Å². The number of aromatic nitrogens is 2. The van der Waals surface area contributed by atoms with E-state index in [-0.39, 0.29) is 5.69 Å². The lowest BCUT2D eigenvalue weighted by Crippen LogP contribution is -2.33. The number of esters is 1. The highest BCUT2D eigenvalue weighted by Gasteiger charge is 2.40. The summed E-state index contributed by atoms with van der Waals surface area (Å²) in [4.78, 5) is 36.0. The van der Waals surface area contributed by atoms with Gasteiger partial charge in [0.25, 0.3) is 5.69 Å². The second-order valence-electron chi connectivity index (χ2n) is 6.21. The molecule has 1 aliphatic rings. The summed E-state index contributed by atoms with van der Waals surface area (Å²) >= 11 is 0. The van der Waals surface area contributed by atoms with Gasteiger partial charge in [-0.2, -0.15) is 0 Å². The van der Waals surface area contributed by atoms with Crippen LogP contribution in [0.15, 0.2) is 53.7 Å². The Morgan fingerprint density at radius 3 is 2.56 bits per heavy atom. The van der Waals surface area contributed by atoms with Crippen molar-refractivity contribution in [3.63, 3.8) is 0 Å². The number of benzene rings is 1. The quantitative estimate of drug-likeness (QED) is 0.467. The van der Waals surface area contributed by atoms with Crippen LogP contribution < -0.4 is 0 Å². The highest BCUT2D eigenvalue weighted by molar-refractivity contribution is 6.06. The van der Waals surface area contributed by atoms with Gasteiger partial charge < -0.3 is 4.74 Å². The minimum atomic E-state index is -0.698. The summed E-state index contributed by atoms with van der Waals surface area (Å²) in [6, 6.07) is 6.28. The maximum atomic E-state index is 12.6. The second-order valence-corrected chi connectivity index (χ2v) is 6.21. The molecule has 0 saturated heterocycles. The number of methoxy groups -OCH3 is 1. The molecule has 2 aromatic rings. The molecule has 138 valence electrons. The first-order valence-corrected chi connectivity index (χ1v) is 8.27. The van der Waals surface area contributed by atoms with E-state index in [1.807, 2.05) is 6.92 Å². The van der Waals surface area contributed by atoms with Gasteiger partial charge in [0, 0.05) is 47.4 Å². The third-order valence-corrected chi connectivity index (χ3v) is 4.60. The Bertz CT molecular complexity index is 953. The molecule has 0 saturated carbocycles. The Labute approximate surface area is 155 Å². The molecule has 1 aromatic carbocycles. The van der Waals surface area contributed by atoms with Crippen LogP contribution in [0.4, 0.5) is 5.69 Å². The van der Waals surface area contributed by atoms with E-state index in [1.165, 1.54) is 25.6 Å². The van der Waals surface area contributed by atoms with Crippen LogP contribution >= 0.6 is 0 Å². The molecule has 2 atom stereocenters. The predicted molar refractivity (Wildman–Crippen MR) is 99.1 cm³/mol.